The van der Waals surface area contributed by atoms with Gasteiger partial charge in [-0.25, -0.2) is 0 Å². The van der Waals surface area contributed by atoms with Crippen molar-refractivity contribution in [2.75, 3.05) is 5.06 Å². The minimum absolute atomic E-state index is 0.0536. The molecule has 14 heavy (non-hydrogen) atoms. The van der Waals surface area contributed by atoms with Gasteiger partial charge in [-0.3, -0.25) is 10.0 Å². The number of rotatable bonds is 0. The smallest absolute Gasteiger partial charge is 0.268 e. The van der Waals surface area contributed by atoms with Gasteiger partial charge in [-0.15, -0.1) is 0 Å². The van der Waals surface area contributed by atoms with E-state index in [0.29, 0.717) is 10.8 Å². The zero-order valence-corrected chi connectivity index (χ0v) is 7.84. The standard InChI is InChI=1S/C10H12N2O2/c1-6-7-4-2-3-5-8(7)12(14)10(13)9(6)11/h2-6,9,14H,11H2,1H3/t6-,9+/m0/s1. The van der Waals surface area contributed by atoms with Gasteiger partial charge in [0.05, 0.1) is 11.7 Å². The van der Waals surface area contributed by atoms with Gasteiger partial charge in [-0.05, 0) is 11.6 Å². The fourth-order valence-corrected chi connectivity index (χ4v) is 1.73. The molecule has 2 atom stereocenters. The third kappa shape index (κ3) is 1.12. The van der Waals surface area contributed by atoms with Gasteiger partial charge in [0.2, 0.25) is 0 Å². The van der Waals surface area contributed by atoms with Crippen molar-refractivity contribution >= 4 is 11.6 Å². The van der Waals surface area contributed by atoms with Crippen LogP contribution in [0.4, 0.5) is 5.69 Å². The number of amides is 1. The van der Waals surface area contributed by atoms with Gasteiger partial charge in [0.15, 0.2) is 0 Å². The van der Waals surface area contributed by atoms with Gasteiger partial charge >= 0.3 is 0 Å². The third-order valence-corrected chi connectivity index (χ3v) is 2.69. The lowest BCUT2D eigenvalue weighted by molar-refractivity contribution is -0.125. The molecule has 2 rings (SSSR count). The fraction of sp³-hybridized carbons (Fsp3) is 0.300. The SMILES string of the molecule is C[C@H]1c2ccccc2N(O)C(=O)[C@@H]1N. The Morgan fingerprint density at radius 1 is 1.43 bits per heavy atom. The number of fused-ring (bicyclic) bond motifs is 1. The number of nitrogens with zero attached hydrogens (tertiary/aromatic N) is 1. The van der Waals surface area contributed by atoms with Crippen molar-refractivity contribution in [3.8, 4) is 0 Å². The van der Waals surface area contributed by atoms with Crippen LogP contribution in [0.2, 0.25) is 0 Å². The van der Waals surface area contributed by atoms with Crippen molar-refractivity contribution in [2.45, 2.75) is 18.9 Å². The first kappa shape index (κ1) is 9.18. The van der Waals surface area contributed by atoms with Gasteiger partial charge in [-0.1, -0.05) is 25.1 Å². The highest BCUT2D eigenvalue weighted by Crippen LogP contribution is 2.33. The molecule has 0 unspecified atom stereocenters. The topological polar surface area (TPSA) is 66.6 Å². The van der Waals surface area contributed by atoms with E-state index < -0.39 is 11.9 Å². The van der Waals surface area contributed by atoms with Crippen LogP contribution >= 0.6 is 0 Å². The summed E-state index contributed by atoms with van der Waals surface area (Å²) in [7, 11) is 0. The maximum Gasteiger partial charge on any atom is 0.268 e. The molecular formula is C10H12N2O2. The number of hydrogen-bond donors (Lipinski definition) is 2. The largest absolute Gasteiger partial charge is 0.319 e. The Bertz CT molecular complexity index is 378. The van der Waals surface area contributed by atoms with Crippen molar-refractivity contribution in [1.82, 2.24) is 0 Å². The summed E-state index contributed by atoms with van der Waals surface area (Å²) < 4.78 is 0. The van der Waals surface area contributed by atoms with Crippen LogP contribution in [0, 0.1) is 0 Å². The molecule has 0 radical (unpaired) electrons. The molecule has 1 amide bonds. The van der Waals surface area contributed by atoms with E-state index in [1.165, 1.54) is 0 Å². The Morgan fingerprint density at radius 3 is 2.79 bits per heavy atom. The van der Waals surface area contributed by atoms with Gasteiger partial charge < -0.3 is 5.73 Å². The minimum Gasteiger partial charge on any atom is -0.319 e. The summed E-state index contributed by atoms with van der Waals surface area (Å²) in [5.74, 6) is -0.502. The van der Waals surface area contributed by atoms with Gasteiger partial charge in [0, 0.05) is 5.92 Å². The lowest BCUT2D eigenvalue weighted by Crippen LogP contribution is -2.49. The zero-order valence-electron chi connectivity index (χ0n) is 7.84. The molecule has 4 heteroatoms. The number of nitrogens with two attached hydrogens (primary N) is 1. The summed E-state index contributed by atoms with van der Waals surface area (Å²) in [5.41, 5.74) is 7.11. The lowest BCUT2D eigenvalue weighted by Gasteiger charge is -2.32. The summed E-state index contributed by atoms with van der Waals surface area (Å²) in [6, 6.07) is 6.56. The molecule has 74 valence electrons. The predicted molar refractivity (Wildman–Crippen MR) is 52.1 cm³/mol. The monoisotopic (exact) mass is 192 g/mol. The number of carbonyl (C=O) groups excluding carboxylic acids is 1. The van der Waals surface area contributed by atoms with Gasteiger partial charge in [-0.2, -0.15) is 5.06 Å². The van der Waals surface area contributed by atoms with E-state index in [2.05, 4.69) is 0 Å². The van der Waals surface area contributed by atoms with Crippen LogP contribution in [-0.4, -0.2) is 17.2 Å². The maximum absolute atomic E-state index is 11.4. The molecule has 1 aliphatic rings. The van der Waals surface area contributed by atoms with Crippen molar-refractivity contribution in [3.05, 3.63) is 29.8 Å². The summed E-state index contributed by atoms with van der Waals surface area (Å²) in [4.78, 5) is 11.4. The molecule has 0 saturated carbocycles. The molecule has 0 saturated heterocycles. The molecule has 0 aromatic heterocycles. The Balaban J connectivity index is 2.56. The first-order valence-electron chi connectivity index (χ1n) is 4.50. The third-order valence-electron chi connectivity index (χ3n) is 2.69. The molecule has 0 fully saturated rings. The molecule has 1 heterocycles. The van der Waals surface area contributed by atoms with Crippen LogP contribution in [0.15, 0.2) is 24.3 Å². The van der Waals surface area contributed by atoms with Crippen molar-refractivity contribution in [3.63, 3.8) is 0 Å². The molecule has 0 bridgehead atoms. The van der Waals surface area contributed by atoms with E-state index in [0.717, 1.165) is 5.56 Å². The van der Waals surface area contributed by atoms with Crippen LogP contribution < -0.4 is 10.8 Å². The fourth-order valence-electron chi connectivity index (χ4n) is 1.73. The molecule has 4 nitrogen and oxygen atoms in total. The summed E-state index contributed by atoms with van der Waals surface area (Å²) in [6.45, 7) is 1.88. The second-order valence-electron chi connectivity index (χ2n) is 3.52. The number of para-hydroxylation sites is 1. The quantitative estimate of drug-likeness (QED) is 0.599. The molecule has 1 aromatic carbocycles. The van der Waals surface area contributed by atoms with E-state index in [-0.39, 0.29) is 5.92 Å². The van der Waals surface area contributed by atoms with Gasteiger partial charge in [0.25, 0.3) is 5.91 Å². The first-order valence-corrected chi connectivity index (χ1v) is 4.50. The Kier molecular flexibility index (Phi) is 2.02. The van der Waals surface area contributed by atoms with Gasteiger partial charge in [0.1, 0.15) is 0 Å². The first-order chi connectivity index (χ1) is 6.63. The lowest BCUT2D eigenvalue weighted by atomic mass is 9.88. The summed E-state index contributed by atoms with van der Waals surface area (Å²) in [5, 5.41) is 10.2. The molecule has 3 N–H and O–H groups in total. The van der Waals surface area contributed by atoms with Crippen molar-refractivity contribution in [2.24, 2.45) is 5.73 Å². The highest BCUT2D eigenvalue weighted by molar-refractivity contribution is 5.98. The van der Waals surface area contributed by atoms with E-state index >= 15 is 0 Å². The number of hydrogen-bond acceptors (Lipinski definition) is 3. The zero-order chi connectivity index (χ0) is 10.3. The van der Waals surface area contributed by atoms with Crippen molar-refractivity contribution in [1.29, 1.82) is 0 Å². The van der Waals surface area contributed by atoms with E-state index in [4.69, 9.17) is 5.73 Å². The van der Waals surface area contributed by atoms with Crippen LogP contribution in [0.3, 0.4) is 0 Å². The highest BCUT2D eigenvalue weighted by Gasteiger charge is 2.34. The number of hydroxylamine groups is 1. The Hall–Kier alpha value is -1.39. The Morgan fingerprint density at radius 2 is 2.07 bits per heavy atom. The van der Waals surface area contributed by atoms with Crippen molar-refractivity contribution < 1.29 is 10.0 Å². The number of benzene rings is 1. The maximum atomic E-state index is 11.4. The average Bonchev–Trinajstić information content (AvgIpc) is 2.23. The Labute approximate surface area is 81.9 Å². The predicted octanol–water partition coefficient (Wildman–Crippen LogP) is 0.853. The number of carbonyl (C=O) groups is 1. The normalized spacial score (nSPS) is 26.2. The molecule has 0 spiro atoms. The highest BCUT2D eigenvalue weighted by atomic mass is 16.5. The van der Waals surface area contributed by atoms with Crippen LogP contribution in [0.25, 0.3) is 0 Å². The second-order valence-corrected chi connectivity index (χ2v) is 3.52. The van der Waals surface area contributed by atoms with E-state index in [9.17, 15) is 10.0 Å². The van der Waals surface area contributed by atoms with Crippen LogP contribution in [-0.2, 0) is 4.79 Å². The molecule has 1 aliphatic heterocycles. The summed E-state index contributed by atoms with van der Waals surface area (Å²) >= 11 is 0. The second kappa shape index (κ2) is 3.08. The van der Waals surface area contributed by atoms with E-state index in [1.807, 2.05) is 19.1 Å². The minimum atomic E-state index is -0.658. The average molecular weight is 192 g/mol. The summed E-state index contributed by atoms with van der Waals surface area (Å²) in [6.07, 6.45) is 0. The van der Waals surface area contributed by atoms with Crippen LogP contribution in [0.5, 0.6) is 0 Å². The molecular weight excluding hydrogens is 180 g/mol. The molecule has 1 aromatic rings. The number of anilines is 1. The molecule has 0 aliphatic carbocycles. The van der Waals surface area contributed by atoms with E-state index in [1.54, 1.807) is 12.1 Å². The van der Waals surface area contributed by atoms with Crippen LogP contribution in [0.1, 0.15) is 18.4 Å².